The maximum atomic E-state index is 12.3. The second kappa shape index (κ2) is 6.34. The molecule has 2 heterocycles. The Bertz CT molecular complexity index is 526. The molecule has 5 heteroatoms. The van der Waals surface area contributed by atoms with Crippen molar-refractivity contribution in [3.8, 4) is 6.07 Å². The summed E-state index contributed by atoms with van der Waals surface area (Å²) in [4.78, 5) is 15.9. The predicted octanol–water partition coefficient (Wildman–Crippen LogP) is 3.37. The summed E-state index contributed by atoms with van der Waals surface area (Å²) < 4.78 is 0. The lowest BCUT2D eigenvalue weighted by atomic mass is 10.3. The summed E-state index contributed by atoms with van der Waals surface area (Å²) in [5.74, 6) is 0.00801. The van der Waals surface area contributed by atoms with Crippen LogP contribution in [0.15, 0.2) is 35.0 Å². The van der Waals surface area contributed by atoms with Gasteiger partial charge in [0.1, 0.15) is 0 Å². The van der Waals surface area contributed by atoms with Gasteiger partial charge >= 0.3 is 0 Å². The van der Waals surface area contributed by atoms with Crippen LogP contribution in [0.1, 0.15) is 21.0 Å². The van der Waals surface area contributed by atoms with E-state index in [1.807, 2.05) is 35.0 Å². The fourth-order valence-corrected chi connectivity index (χ4v) is 2.99. The summed E-state index contributed by atoms with van der Waals surface area (Å²) in [5, 5.41) is 12.6. The molecule has 2 aromatic heterocycles. The van der Waals surface area contributed by atoms with Crippen LogP contribution in [0.25, 0.3) is 0 Å². The van der Waals surface area contributed by atoms with E-state index in [1.54, 1.807) is 16.2 Å². The molecule has 0 aromatic carbocycles. The van der Waals surface area contributed by atoms with Gasteiger partial charge in [-0.3, -0.25) is 4.79 Å². The van der Waals surface area contributed by atoms with Crippen molar-refractivity contribution in [3.05, 3.63) is 44.8 Å². The molecule has 0 saturated heterocycles. The van der Waals surface area contributed by atoms with E-state index in [4.69, 9.17) is 5.26 Å². The molecule has 0 spiro atoms. The Labute approximate surface area is 114 Å². The van der Waals surface area contributed by atoms with Gasteiger partial charge in [0.2, 0.25) is 0 Å². The van der Waals surface area contributed by atoms with E-state index in [0.717, 1.165) is 9.75 Å². The molecule has 0 fully saturated rings. The molecule has 92 valence electrons. The number of carbonyl (C=O) groups excluding carboxylic acids is 1. The normalized spacial score (nSPS) is 9.94. The molecule has 2 aromatic rings. The Hall–Kier alpha value is -1.64. The first-order valence-corrected chi connectivity index (χ1v) is 7.29. The average Bonchev–Trinajstić information content (AvgIpc) is 3.06. The van der Waals surface area contributed by atoms with Gasteiger partial charge in [0.15, 0.2) is 0 Å². The van der Waals surface area contributed by atoms with Gasteiger partial charge in [-0.1, -0.05) is 12.1 Å². The molecule has 0 radical (unpaired) electrons. The summed E-state index contributed by atoms with van der Waals surface area (Å²) in [6.45, 7) is 1.06. The first-order chi connectivity index (χ1) is 8.81. The van der Waals surface area contributed by atoms with Crippen LogP contribution in [0.2, 0.25) is 0 Å². The predicted molar refractivity (Wildman–Crippen MR) is 73.6 cm³/mol. The van der Waals surface area contributed by atoms with Gasteiger partial charge in [-0.15, -0.1) is 22.7 Å². The zero-order valence-electron chi connectivity index (χ0n) is 9.70. The molecule has 0 aliphatic carbocycles. The van der Waals surface area contributed by atoms with E-state index in [9.17, 15) is 4.79 Å². The Morgan fingerprint density at radius 2 is 2.06 bits per heavy atom. The molecule has 18 heavy (non-hydrogen) atoms. The standard InChI is InChI=1S/C13H12N2OS2/c14-6-3-7-15(10-11-4-1-8-17-11)13(16)12-5-2-9-18-12/h1-2,4-5,8-9H,3,7,10H2. The lowest BCUT2D eigenvalue weighted by molar-refractivity contribution is 0.0753. The van der Waals surface area contributed by atoms with Crippen molar-refractivity contribution in [3.63, 3.8) is 0 Å². The number of carbonyl (C=O) groups is 1. The van der Waals surface area contributed by atoms with Crippen LogP contribution in [-0.2, 0) is 6.54 Å². The van der Waals surface area contributed by atoms with Crippen molar-refractivity contribution in [1.29, 1.82) is 5.26 Å². The summed E-state index contributed by atoms with van der Waals surface area (Å²) in [6.07, 6.45) is 0.364. The van der Waals surface area contributed by atoms with Gasteiger partial charge in [-0.05, 0) is 22.9 Å². The van der Waals surface area contributed by atoms with Crippen LogP contribution >= 0.6 is 22.7 Å². The van der Waals surface area contributed by atoms with E-state index in [-0.39, 0.29) is 5.91 Å². The van der Waals surface area contributed by atoms with Crippen LogP contribution in [0.5, 0.6) is 0 Å². The zero-order chi connectivity index (χ0) is 12.8. The smallest absolute Gasteiger partial charge is 0.264 e. The summed E-state index contributed by atoms with van der Waals surface area (Å²) in [5.41, 5.74) is 0. The van der Waals surface area contributed by atoms with Crippen LogP contribution < -0.4 is 0 Å². The molecule has 0 aliphatic rings. The van der Waals surface area contributed by atoms with Crippen LogP contribution in [0, 0.1) is 11.3 Å². The molecule has 3 nitrogen and oxygen atoms in total. The van der Waals surface area contributed by atoms with Crippen molar-refractivity contribution in [1.82, 2.24) is 4.90 Å². The molecule has 1 amide bonds. The summed E-state index contributed by atoms with van der Waals surface area (Å²) >= 11 is 3.06. The van der Waals surface area contributed by atoms with Gasteiger partial charge < -0.3 is 4.90 Å². The van der Waals surface area contributed by atoms with Crippen molar-refractivity contribution in [2.75, 3.05) is 6.54 Å². The van der Waals surface area contributed by atoms with Gasteiger partial charge in [0.05, 0.1) is 23.9 Å². The molecule has 0 saturated carbocycles. The lowest BCUT2D eigenvalue weighted by Crippen LogP contribution is -2.30. The second-order valence-electron chi connectivity index (χ2n) is 3.69. The monoisotopic (exact) mass is 276 g/mol. The topological polar surface area (TPSA) is 44.1 Å². The SMILES string of the molecule is N#CCCN(Cc1cccs1)C(=O)c1cccs1. The highest BCUT2D eigenvalue weighted by atomic mass is 32.1. The van der Waals surface area contributed by atoms with Gasteiger partial charge in [-0.25, -0.2) is 0 Å². The largest absolute Gasteiger partial charge is 0.332 e. The van der Waals surface area contributed by atoms with E-state index < -0.39 is 0 Å². The number of nitrogens with zero attached hydrogens (tertiary/aromatic N) is 2. The Balaban J connectivity index is 2.09. The molecule has 0 N–H and O–H groups in total. The Kier molecular flexibility index (Phi) is 4.51. The Morgan fingerprint density at radius 1 is 1.28 bits per heavy atom. The number of hydrogen-bond acceptors (Lipinski definition) is 4. The lowest BCUT2D eigenvalue weighted by Gasteiger charge is -2.20. The van der Waals surface area contributed by atoms with Crippen molar-refractivity contribution >= 4 is 28.6 Å². The third-order valence-corrected chi connectivity index (χ3v) is 4.16. The highest BCUT2D eigenvalue weighted by Gasteiger charge is 2.16. The quantitative estimate of drug-likeness (QED) is 0.840. The highest BCUT2D eigenvalue weighted by molar-refractivity contribution is 7.12. The fraction of sp³-hybridized carbons (Fsp3) is 0.231. The molecular formula is C13H12N2OS2. The third kappa shape index (κ3) is 3.19. The highest BCUT2D eigenvalue weighted by Crippen LogP contribution is 2.17. The first-order valence-electron chi connectivity index (χ1n) is 5.53. The number of rotatable bonds is 5. The third-order valence-electron chi connectivity index (χ3n) is 2.44. The van der Waals surface area contributed by atoms with Crippen LogP contribution in [0.4, 0.5) is 0 Å². The fourth-order valence-electron chi connectivity index (χ4n) is 1.58. The van der Waals surface area contributed by atoms with Gasteiger partial charge in [0, 0.05) is 11.4 Å². The van der Waals surface area contributed by atoms with Crippen molar-refractivity contribution in [2.24, 2.45) is 0 Å². The minimum absolute atomic E-state index is 0.00801. The van der Waals surface area contributed by atoms with Gasteiger partial charge in [-0.2, -0.15) is 5.26 Å². The number of hydrogen-bond donors (Lipinski definition) is 0. The van der Waals surface area contributed by atoms with E-state index in [2.05, 4.69) is 6.07 Å². The second-order valence-corrected chi connectivity index (χ2v) is 5.67. The molecule has 0 unspecified atom stereocenters. The van der Waals surface area contributed by atoms with Crippen LogP contribution in [0.3, 0.4) is 0 Å². The number of thiophene rings is 2. The molecular weight excluding hydrogens is 264 g/mol. The molecule has 0 atom stereocenters. The maximum Gasteiger partial charge on any atom is 0.264 e. The summed E-state index contributed by atoms with van der Waals surface area (Å²) in [7, 11) is 0. The summed E-state index contributed by atoms with van der Waals surface area (Å²) in [6, 6.07) is 9.75. The van der Waals surface area contributed by atoms with E-state index in [0.29, 0.717) is 19.5 Å². The van der Waals surface area contributed by atoms with Crippen molar-refractivity contribution in [2.45, 2.75) is 13.0 Å². The Morgan fingerprint density at radius 3 is 2.67 bits per heavy atom. The zero-order valence-corrected chi connectivity index (χ0v) is 11.3. The maximum absolute atomic E-state index is 12.3. The molecule has 2 rings (SSSR count). The van der Waals surface area contributed by atoms with Crippen LogP contribution in [-0.4, -0.2) is 17.4 Å². The van der Waals surface area contributed by atoms with E-state index in [1.165, 1.54) is 11.3 Å². The average molecular weight is 276 g/mol. The minimum atomic E-state index is 0.00801. The first kappa shape index (κ1) is 12.8. The molecule has 0 bridgehead atoms. The molecule has 0 aliphatic heterocycles. The van der Waals surface area contributed by atoms with E-state index >= 15 is 0 Å². The number of nitriles is 1. The number of amides is 1. The van der Waals surface area contributed by atoms with Gasteiger partial charge in [0.25, 0.3) is 5.91 Å². The van der Waals surface area contributed by atoms with Crippen molar-refractivity contribution < 1.29 is 4.79 Å². The minimum Gasteiger partial charge on any atom is -0.332 e.